The van der Waals surface area contributed by atoms with Gasteiger partial charge >= 0.3 is 0 Å². The highest BCUT2D eigenvalue weighted by Crippen LogP contribution is 2.25. The van der Waals surface area contributed by atoms with Gasteiger partial charge in [-0.15, -0.1) is 24.0 Å². The molecule has 0 aliphatic rings. The van der Waals surface area contributed by atoms with Crippen molar-refractivity contribution < 1.29 is 9.47 Å². The Morgan fingerprint density at radius 1 is 1.08 bits per heavy atom. The molecule has 0 radical (unpaired) electrons. The van der Waals surface area contributed by atoms with Gasteiger partial charge in [0, 0.05) is 23.8 Å². The summed E-state index contributed by atoms with van der Waals surface area (Å²) in [6.07, 6.45) is 0. The van der Waals surface area contributed by atoms with E-state index in [2.05, 4.69) is 36.3 Å². The van der Waals surface area contributed by atoms with E-state index in [0.29, 0.717) is 19.1 Å². The summed E-state index contributed by atoms with van der Waals surface area (Å²) in [6.45, 7) is 5.38. The monoisotopic (exact) mass is 469 g/mol. The average Bonchev–Trinajstić information content (AvgIpc) is 2.62. The van der Waals surface area contributed by atoms with Crippen LogP contribution in [0, 0.1) is 0 Å². The molecule has 0 aromatic heterocycles. The predicted octanol–water partition coefficient (Wildman–Crippen LogP) is 4.16. The first kappa shape index (κ1) is 22.2. The molecule has 2 rings (SSSR count). The second-order valence-electron chi connectivity index (χ2n) is 6.53. The fraction of sp³-hybridized carbons (Fsp3) is 0.350. The molecule has 26 heavy (non-hydrogen) atoms. The van der Waals surface area contributed by atoms with E-state index >= 15 is 0 Å². The van der Waals surface area contributed by atoms with Crippen molar-refractivity contribution in [3.63, 3.8) is 0 Å². The molecular formula is C20H28IN3O2. The molecule has 6 heteroatoms. The van der Waals surface area contributed by atoms with Crippen molar-refractivity contribution in [1.29, 1.82) is 0 Å². The minimum absolute atomic E-state index is 0. The van der Waals surface area contributed by atoms with Gasteiger partial charge < -0.3 is 20.5 Å². The molecule has 0 atom stereocenters. The van der Waals surface area contributed by atoms with Crippen molar-refractivity contribution in [3.05, 3.63) is 59.7 Å². The van der Waals surface area contributed by atoms with Gasteiger partial charge in [-0.25, -0.2) is 0 Å². The van der Waals surface area contributed by atoms with E-state index in [1.807, 2.05) is 36.4 Å². The summed E-state index contributed by atoms with van der Waals surface area (Å²) in [5.74, 6) is 1.24. The Balaban J connectivity index is 0.00000338. The molecule has 0 heterocycles. The zero-order valence-electron chi connectivity index (χ0n) is 15.8. The third-order valence-electron chi connectivity index (χ3n) is 4.10. The highest BCUT2D eigenvalue weighted by Gasteiger charge is 2.20. The van der Waals surface area contributed by atoms with E-state index in [1.165, 1.54) is 5.56 Å². The normalized spacial score (nSPS) is 11.6. The second-order valence-corrected chi connectivity index (χ2v) is 6.53. The quantitative estimate of drug-likeness (QED) is 0.363. The van der Waals surface area contributed by atoms with Crippen LogP contribution in [0.4, 0.5) is 5.69 Å². The van der Waals surface area contributed by atoms with E-state index in [1.54, 1.807) is 14.2 Å². The first-order valence-corrected chi connectivity index (χ1v) is 8.24. The van der Waals surface area contributed by atoms with Gasteiger partial charge in [0.25, 0.3) is 0 Å². The number of hydrogen-bond acceptors (Lipinski definition) is 3. The summed E-state index contributed by atoms with van der Waals surface area (Å²) in [4.78, 5) is 4.52. The molecule has 0 fully saturated rings. The average molecular weight is 469 g/mol. The van der Waals surface area contributed by atoms with Gasteiger partial charge in [-0.1, -0.05) is 44.2 Å². The SMILES string of the molecule is COCc1ccccc1NC(N)=NCC(C)(C)c1ccc(OC)cc1.I. The third-order valence-corrected chi connectivity index (χ3v) is 4.10. The number of nitrogens with zero attached hydrogens (tertiary/aromatic N) is 1. The van der Waals surface area contributed by atoms with Gasteiger partial charge in [-0.3, -0.25) is 4.99 Å². The maximum Gasteiger partial charge on any atom is 0.193 e. The van der Waals surface area contributed by atoms with Gasteiger partial charge in [-0.2, -0.15) is 0 Å². The fourth-order valence-electron chi connectivity index (χ4n) is 2.52. The Bertz CT molecular complexity index is 715. The van der Waals surface area contributed by atoms with Crippen LogP contribution in [-0.2, 0) is 16.8 Å². The number of nitrogens with one attached hydrogen (secondary N) is 1. The highest BCUT2D eigenvalue weighted by molar-refractivity contribution is 14.0. The number of halogens is 1. The van der Waals surface area contributed by atoms with Crippen LogP contribution < -0.4 is 15.8 Å². The predicted molar refractivity (Wildman–Crippen MR) is 119 cm³/mol. The zero-order chi connectivity index (χ0) is 18.3. The lowest BCUT2D eigenvalue weighted by Crippen LogP contribution is -2.28. The van der Waals surface area contributed by atoms with Gasteiger partial charge in [0.2, 0.25) is 0 Å². The number of aliphatic imine (C=N–C) groups is 1. The largest absolute Gasteiger partial charge is 0.497 e. The van der Waals surface area contributed by atoms with Gasteiger partial charge in [0.05, 0.1) is 20.3 Å². The van der Waals surface area contributed by atoms with Crippen molar-refractivity contribution in [2.24, 2.45) is 10.7 Å². The van der Waals surface area contributed by atoms with Crippen LogP contribution >= 0.6 is 24.0 Å². The summed E-state index contributed by atoms with van der Waals surface area (Å²) in [6, 6.07) is 15.9. The minimum atomic E-state index is -0.134. The number of methoxy groups -OCH3 is 2. The first-order valence-electron chi connectivity index (χ1n) is 8.24. The first-order chi connectivity index (χ1) is 12.0. The maximum absolute atomic E-state index is 6.08. The number of para-hydroxylation sites is 1. The molecule has 2 aromatic rings. The van der Waals surface area contributed by atoms with E-state index in [0.717, 1.165) is 17.0 Å². The van der Waals surface area contributed by atoms with Crippen LogP contribution in [0.5, 0.6) is 5.75 Å². The van der Waals surface area contributed by atoms with Crippen LogP contribution in [0.2, 0.25) is 0 Å². The Kier molecular flexibility index (Phi) is 8.87. The number of nitrogens with two attached hydrogens (primary N) is 1. The topological polar surface area (TPSA) is 68.9 Å². The lowest BCUT2D eigenvalue weighted by molar-refractivity contribution is 0.185. The molecule has 0 bridgehead atoms. The molecule has 3 N–H and O–H groups in total. The van der Waals surface area contributed by atoms with E-state index in [4.69, 9.17) is 15.2 Å². The molecular weight excluding hydrogens is 441 g/mol. The van der Waals surface area contributed by atoms with Crippen molar-refractivity contribution in [1.82, 2.24) is 0 Å². The Hall–Kier alpha value is -1.80. The summed E-state index contributed by atoms with van der Waals surface area (Å²) < 4.78 is 10.4. The van der Waals surface area contributed by atoms with Crippen molar-refractivity contribution in [3.8, 4) is 5.75 Å². The lowest BCUT2D eigenvalue weighted by Gasteiger charge is -2.23. The number of ether oxygens (including phenoxy) is 2. The van der Waals surface area contributed by atoms with Crippen molar-refractivity contribution in [2.45, 2.75) is 25.9 Å². The Morgan fingerprint density at radius 2 is 1.73 bits per heavy atom. The molecule has 0 saturated heterocycles. The molecule has 0 amide bonds. The van der Waals surface area contributed by atoms with E-state index in [-0.39, 0.29) is 29.4 Å². The zero-order valence-corrected chi connectivity index (χ0v) is 18.1. The van der Waals surface area contributed by atoms with Gasteiger partial charge in [0.1, 0.15) is 5.75 Å². The molecule has 0 spiro atoms. The summed E-state index contributed by atoms with van der Waals surface area (Å²) >= 11 is 0. The molecule has 142 valence electrons. The van der Waals surface area contributed by atoms with Crippen LogP contribution in [-0.4, -0.2) is 26.7 Å². The highest BCUT2D eigenvalue weighted by atomic mass is 127. The van der Waals surface area contributed by atoms with Crippen molar-refractivity contribution >= 4 is 35.6 Å². The smallest absolute Gasteiger partial charge is 0.193 e. The maximum atomic E-state index is 6.08. The van der Waals surface area contributed by atoms with Crippen LogP contribution in [0.15, 0.2) is 53.5 Å². The van der Waals surface area contributed by atoms with Gasteiger partial charge in [0.15, 0.2) is 5.96 Å². The summed E-state index contributed by atoms with van der Waals surface area (Å²) in [5.41, 5.74) is 9.08. The minimum Gasteiger partial charge on any atom is -0.497 e. The van der Waals surface area contributed by atoms with Crippen molar-refractivity contribution in [2.75, 3.05) is 26.1 Å². The number of anilines is 1. The van der Waals surface area contributed by atoms with Crippen LogP contribution in [0.1, 0.15) is 25.0 Å². The Morgan fingerprint density at radius 3 is 2.35 bits per heavy atom. The summed E-state index contributed by atoms with van der Waals surface area (Å²) in [5, 5.41) is 3.17. The van der Waals surface area contributed by atoms with E-state index in [9.17, 15) is 0 Å². The van der Waals surface area contributed by atoms with Gasteiger partial charge in [-0.05, 0) is 23.8 Å². The number of benzene rings is 2. The Labute approximate surface area is 173 Å². The lowest BCUT2D eigenvalue weighted by atomic mass is 9.85. The number of guanidine groups is 1. The number of hydrogen-bond donors (Lipinski definition) is 2. The van der Waals surface area contributed by atoms with E-state index < -0.39 is 0 Å². The molecule has 0 aliphatic heterocycles. The third kappa shape index (κ3) is 6.17. The molecule has 5 nitrogen and oxygen atoms in total. The molecule has 0 unspecified atom stereocenters. The van der Waals surface area contributed by atoms with Crippen LogP contribution in [0.3, 0.4) is 0 Å². The molecule has 0 saturated carbocycles. The second kappa shape index (κ2) is 10.4. The standard InChI is InChI=1S/C20H27N3O2.HI/c1-20(2,16-9-11-17(25-4)12-10-16)14-22-19(21)23-18-8-6-5-7-15(18)13-24-3;/h5-12H,13-14H2,1-4H3,(H3,21,22,23);1H. The van der Waals surface area contributed by atoms with Crippen LogP contribution in [0.25, 0.3) is 0 Å². The summed E-state index contributed by atoms with van der Waals surface area (Å²) in [7, 11) is 3.34. The fourth-order valence-corrected chi connectivity index (χ4v) is 2.52. The molecule has 2 aromatic carbocycles. The molecule has 0 aliphatic carbocycles. The number of rotatable bonds is 7.